The van der Waals surface area contributed by atoms with Gasteiger partial charge in [-0.3, -0.25) is 14.5 Å². The molecule has 1 aromatic rings. The molecular formula is C18H29N5O2. The van der Waals surface area contributed by atoms with E-state index in [2.05, 4.69) is 9.88 Å². The molecule has 2 fully saturated rings. The highest BCUT2D eigenvalue weighted by Crippen LogP contribution is 2.27. The monoisotopic (exact) mass is 347 g/mol. The van der Waals surface area contributed by atoms with Gasteiger partial charge < -0.3 is 14.4 Å². The van der Waals surface area contributed by atoms with Crippen LogP contribution in [0, 0.1) is 5.92 Å². The van der Waals surface area contributed by atoms with Crippen LogP contribution in [0.3, 0.4) is 0 Å². The summed E-state index contributed by atoms with van der Waals surface area (Å²) < 4.78 is 2.03. The van der Waals surface area contributed by atoms with Crippen LogP contribution in [0.25, 0.3) is 0 Å². The first-order chi connectivity index (χ1) is 11.8. The van der Waals surface area contributed by atoms with Gasteiger partial charge in [0.25, 0.3) is 0 Å². The van der Waals surface area contributed by atoms with E-state index in [9.17, 15) is 9.59 Å². The first-order valence-electron chi connectivity index (χ1n) is 9.03. The summed E-state index contributed by atoms with van der Waals surface area (Å²) in [5, 5.41) is 0. The highest BCUT2D eigenvalue weighted by Gasteiger charge is 2.41. The summed E-state index contributed by atoms with van der Waals surface area (Å²) in [6.45, 7) is 10.6. The normalized spacial score (nSPS) is 22.7. The van der Waals surface area contributed by atoms with Gasteiger partial charge in [0.05, 0.1) is 12.5 Å². The van der Waals surface area contributed by atoms with Gasteiger partial charge in [0, 0.05) is 64.1 Å². The first kappa shape index (κ1) is 17.9. The van der Waals surface area contributed by atoms with Gasteiger partial charge in [0.2, 0.25) is 11.8 Å². The molecule has 0 N–H and O–H groups in total. The van der Waals surface area contributed by atoms with E-state index >= 15 is 0 Å². The van der Waals surface area contributed by atoms with Gasteiger partial charge in [-0.05, 0) is 20.8 Å². The second kappa shape index (κ2) is 6.78. The fourth-order valence-electron chi connectivity index (χ4n) is 3.65. The van der Waals surface area contributed by atoms with E-state index in [4.69, 9.17) is 0 Å². The van der Waals surface area contributed by atoms with Gasteiger partial charge in [0.15, 0.2) is 0 Å². The Hall–Kier alpha value is -1.89. The van der Waals surface area contributed by atoms with Crippen molar-refractivity contribution >= 4 is 11.8 Å². The van der Waals surface area contributed by atoms with Crippen LogP contribution in [0.1, 0.15) is 33.0 Å². The summed E-state index contributed by atoms with van der Waals surface area (Å²) in [5.74, 6) is 1.09. The number of rotatable bonds is 3. The van der Waals surface area contributed by atoms with Crippen LogP contribution in [0.5, 0.6) is 0 Å². The third-order valence-corrected chi connectivity index (χ3v) is 5.25. The van der Waals surface area contributed by atoms with Crippen molar-refractivity contribution < 1.29 is 9.59 Å². The minimum Gasteiger partial charge on any atom is -0.340 e. The number of carbonyl (C=O) groups excluding carboxylic acids is 2. The molecule has 3 rings (SSSR count). The lowest BCUT2D eigenvalue weighted by Gasteiger charge is -2.36. The molecule has 2 aliphatic rings. The van der Waals surface area contributed by atoms with Gasteiger partial charge in [-0.25, -0.2) is 4.98 Å². The number of imidazole rings is 1. The SMILES string of the molecule is Cn1ccnc1CN1CCN(C(=O)[C@H]2CC(=O)N(C(C)(C)C)C2)CC1. The van der Waals surface area contributed by atoms with Crippen molar-refractivity contribution in [2.24, 2.45) is 13.0 Å². The predicted molar refractivity (Wildman–Crippen MR) is 94.6 cm³/mol. The van der Waals surface area contributed by atoms with Crippen molar-refractivity contribution in [3.63, 3.8) is 0 Å². The van der Waals surface area contributed by atoms with E-state index in [1.165, 1.54) is 0 Å². The number of nitrogens with zero attached hydrogens (tertiary/aromatic N) is 5. The molecule has 0 saturated carbocycles. The maximum absolute atomic E-state index is 12.8. The molecule has 25 heavy (non-hydrogen) atoms. The Kier molecular flexibility index (Phi) is 4.86. The molecule has 7 heteroatoms. The van der Waals surface area contributed by atoms with Crippen molar-refractivity contribution in [2.75, 3.05) is 32.7 Å². The Labute approximate surface area is 149 Å². The fourth-order valence-corrected chi connectivity index (χ4v) is 3.65. The molecule has 138 valence electrons. The smallest absolute Gasteiger partial charge is 0.228 e. The van der Waals surface area contributed by atoms with Crippen LogP contribution in [0.4, 0.5) is 0 Å². The van der Waals surface area contributed by atoms with Gasteiger partial charge in [0.1, 0.15) is 5.82 Å². The van der Waals surface area contributed by atoms with Gasteiger partial charge in [-0.1, -0.05) is 0 Å². The number of carbonyl (C=O) groups is 2. The van der Waals surface area contributed by atoms with Crippen LogP contribution in [0.2, 0.25) is 0 Å². The van der Waals surface area contributed by atoms with Crippen molar-refractivity contribution in [3.8, 4) is 0 Å². The number of likely N-dealkylation sites (tertiary alicyclic amines) is 1. The lowest BCUT2D eigenvalue weighted by Crippen LogP contribution is -2.50. The van der Waals surface area contributed by atoms with E-state index in [1.54, 1.807) is 0 Å². The number of amides is 2. The Morgan fingerprint density at radius 2 is 1.92 bits per heavy atom. The van der Waals surface area contributed by atoms with Gasteiger partial charge in [-0.2, -0.15) is 0 Å². The Morgan fingerprint density at radius 3 is 2.44 bits per heavy atom. The number of piperazine rings is 1. The molecule has 0 aliphatic carbocycles. The summed E-state index contributed by atoms with van der Waals surface area (Å²) in [4.78, 5) is 35.5. The third kappa shape index (κ3) is 3.86. The van der Waals surface area contributed by atoms with E-state index in [-0.39, 0.29) is 23.3 Å². The van der Waals surface area contributed by atoms with Crippen molar-refractivity contribution in [2.45, 2.75) is 39.3 Å². The number of hydrogen-bond acceptors (Lipinski definition) is 4. The molecule has 2 saturated heterocycles. The van der Waals surface area contributed by atoms with Crippen LogP contribution < -0.4 is 0 Å². The second-order valence-corrected chi connectivity index (χ2v) is 8.13. The standard InChI is InChI=1S/C18H29N5O2/c1-18(2,3)23-12-14(11-16(23)24)17(25)22-9-7-21(8-10-22)13-15-19-5-6-20(15)4/h5-6,14H,7-13H2,1-4H3/t14-/m0/s1. The molecule has 3 heterocycles. The predicted octanol–water partition coefficient (Wildman–Crippen LogP) is 0.711. The molecule has 1 atom stereocenters. The number of aromatic nitrogens is 2. The summed E-state index contributed by atoms with van der Waals surface area (Å²) in [5.41, 5.74) is -0.215. The van der Waals surface area contributed by atoms with E-state index in [1.807, 2.05) is 54.6 Å². The topological polar surface area (TPSA) is 61.7 Å². The van der Waals surface area contributed by atoms with E-state index in [0.717, 1.165) is 38.5 Å². The maximum Gasteiger partial charge on any atom is 0.228 e. The molecule has 0 aromatic carbocycles. The Bertz CT molecular complexity index is 640. The minimum atomic E-state index is -0.215. The molecule has 7 nitrogen and oxygen atoms in total. The highest BCUT2D eigenvalue weighted by molar-refractivity contribution is 5.89. The van der Waals surface area contributed by atoms with Crippen molar-refractivity contribution in [1.29, 1.82) is 0 Å². The zero-order chi connectivity index (χ0) is 18.2. The molecule has 0 radical (unpaired) electrons. The van der Waals surface area contributed by atoms with Gasteiger partial charge >= 0.3 is 0 Å². The zero-order valence-electron chi connectivity index (χ0n) is 15.7. The number of aryl methyl sites for hydroxylation is 1. The molecule has 1 aromatic heterocycles. The molecule has 0 spiro atoms. The van der Waals surface area contributed by atoms with Crippen LogP contribution >= 0.6 is 0 Å². The second-order valence-electron chi connectivity index (χ2n) is 8.13. The fraction of sp³-hybridized carbons (Fsp3) is 0.722. The molecular weight excluding hydrogens is 318 g/mol. The summed E-state index contributed by atoms with van der Waals surface area (Å²) in [6.07, 6.45) is 4.12. The van der Waals surface area contributed by atoms with Crippen molar-refractivity contribution in [3.05, 3.63) is 18.2 Å². The third-order valence-electron chi connectivity index (χ3n) is 5.25. The van der Waals surface area contributed by atoms with Crippen molar-refractivity contribution in [1.82, 2.24) is 24.3 Å². The maximum atomic E-state index is 12.8. The van der Waals surface area contributed by atoms with E-state index in [0.29, 0.717) is 13.0 Å². The lowest BCUT2D eigenvalue weighted by molar-refractivity contribution is -0.137. The van der Waals surface area contributed by atoms with E-state index < -0.39 is 0 Å². The minimum absolute atomic E-state index is 0.0965. The average Bonchev–Trinajstić information content (AvgIpc) is 3.13. The summed E-state index contributed by atoms with van der Waals surface area (Å²) >= 11 is 0. The quantitative estimate of drug-likeness (QED) is 0.808. The lowest BCUT2D eigenvalue weighted by atomic mass is 10.1. The number of hydrogen-bond donors (Lipinski definition) is 0. The average molecular weight is 347 g/mol. The Morgan fingerprint density at radius 1 is 1.24 bits per heavy atom. The molecule has 0 unspecified atom stereocenters. The molecule has 2 amide bonds. The summed E-state index contributed by atoms with van der Waals surface area (Å²) in [7, 11) is 2.00. The Balaban J connectivity index is 1.52. The summed E-state index contributed by atoms with van der Waals surface area (Å²) in [6, 6.07) is 0. The zero-order valence-corrected chi connectivity index (χ0v) is 15.7. The van der Waals surface area contributed by atoms with Gasteiger partial charge in [-0.15, -0.1) is 0 Å². The van der Waals surface area contributed by atoms with Crippen LogP contribution in [-0.4, -0.2) is 74.3 Å². The highest BCUT2D eigenvalue weighted by atomic mass is 16.2. The van der Waals surface area contributed by atoms with Crippen LogP contribution in [0.15, 0.2) is 12.4 Å². The first-order valence-corrected chi connectivity index (χ1v) is 9.03. The largest absolute Gasteiger partial charge is 0.340 e. The molecule has 0 bridgehead atoms. The van der Waals surface area contributed by atoms with Crippen LogP contribution in [-0.2, 0) is 23.2 Å². The molecule has 2 aliphatic heterocycles.